The first-order chi connectivity index (χ1) is 10.7. The van der Waals surface area contributed by atoms with Crippen LogP contribution in [-0.4, -0.2) is 22.4 Å². The van der Waals surface area contributed by atoms with E-state index in [2.05, 4.69) is 15.5 Å². The first kappa shape index (κ1) is 14.5. The van der Waals surface area contributed by atoms with Gasteiger partial charge < -0.3 is 9.73 Å². The number of rotatable bonds is 4. The second kappa shape index (κ2) is 6.11. The van der Waals surface area contributed by atoms with Crippen molar-refractivity contribution in [2.75, 3.05) is 11.6 Å². The van der Waals surface area contributed by atoms with Crippen LogP contribution in [0.15, 0.2) is 51.8 Å². The molecule has 0 aliphatic rings. The van der Waals surface area contributed by atoms with Crippen molar-refractivity contribution < 1.29 is 9.21 Å². The number of aromatic nitrogens is 2. The number of H-pyrrole nitrogens is 1. The quantitative estimate of drug-likeness (QED) is 0.715. The lowest BCUT2D eigenvalue weighted by Gasteiger charge is -2.03. The molecule has 3 rings (SSSR count). The Bertz CT molecular complexity index is 790. The maximum Gasteiger partial charge on any atom is 0.276 e. The molecule has 22 heavy (non-hydrogen) atoms. The highest BCUT2D eigenvalue weighted by Gasteiger charge is 2.13. The molecule has 6 heteroatoms. The number of anilines is 1. The number of carbonyl (C=O) groups excluding carboxylic acids is 1. The summed E-state index contributed by atoms with van der Waals surface area (Å²) < 4.78 is 5.50. The fourth-order valence-corrected chi connectivity index (χ4v) is 2.42. The number of nitrogens with one attached hydrogen (secondary N) is 2. The second-order valence-electron chi connectivity index (χ2n) is 4.76. The number of aromatic amines is 1. The SMILES string of the molecule is CSc1ccc(NC(=O)c2cc(-c3ccc(C)o3)[nH]n2)cc1. The van der Waals surface area contributed by atoms with Crippen molar-refractivity contribution in [1.29, 1.82) is 0 Å². The molecule has 0 atom stereocenters. The van der Waals surface area contributed by atoms with Gasteiger partial charge in [-0.1, -0.05) is 0 Å². The van der Waals surface area contributed by atoms with Crippen LogP contribution in [0.2, 0.25) is 0 Å². The van der Waals surface area contributed by atoms with E-state index in [0.29, 0.717) is 17.1 Å². The van der Waals surface area contributed by atoms with E-state index in [-0.39, 0.29) is 5.91 Å². The summed E-state index contributed by atoms with van der Waals surface area (Å²) in [5.74, 6) is 1.21. The molecule has 0 aliphatic heterocycles. The summed E-state index contributed by atoms with van der Waals surface area (Å²) in [7, 11) is 0. The number of benzene rings is 1. The van der Waals surface area contributed by atoms with Crippen molar-refractivity contribution in [3.63, 3.8) is 0 Å². The molecule has 0 spiro atoms. The van der Waals surface area contributed by atoms with Crippen molar-refractivity contribution in [3.05, 3.63) is 53.9 Å². The summed E-state index contributed by atoms with van der Waals surface area (Å²) in [4.78, 5) is 13.3. The van der Waals surface area contributed by atoms with E-state index in [1.54, 1.807) is 17.8 Å². The fourth-order valence-electron chi connectivity index (χ4n) is 2.01. The Kier molecular flexibility index (Phi) is 4.02. The third kappa shape index (κ3) is 3.07. The van der Waals surface area contributed by atoms with Gasteiger partial charge in [-0.05, 0) is 49.6 Å². The van der Waals surface area contributed by atoms with Gasteiger partial charge in [0.2, 0.25) is 0 Å². The smallest absolute Gasteiger partial charge is 0.276 e. The third-order valence-corrected chi connectivity index (χ3v) is 3.91. The molecule has 2 N–H and O–H groups in total. The molecular weight excluding hydrogens is 298 g/mol. The van der Waals surface area contributed by atoms with Crippen molar-refractivity contribution in [2.45, 2.75) is 11.8 Å². The van der Waals surface area contributed by atoms with Gasteiger partial charge in [-0.3, -0.25) is 9.89 Å². The summed E-state index contributed by atoms with van der Waals surface area (Å²) in [6.07, 6.45) is 2.01. The highest BCUT2D eigenvalue weighted by Crippen LogP contribution is 2.21. The summed E-state index contributed by atoms with van der Waals surface area (Å²) in [6, 6.07) is 13.0. The summed E-state index contributed by atoms with van der Waals surface area (Å²) >= 11 is 1.66. The predicted molar refractivity (Wildman–Crippen MR) is 87.2 cm³/mol. The van der Waals surface area contributed by atoms with E-state index < -0.39 is 0 Å². The molecule has 1 aromatic carbocycles. The molecule has 2 heterocycles. The zero-order valence-electron chi connectivity index (χ0n) is 12.2. The van der Waals surface area contributed by atoms with Gasteiger partial charge >= 0.3 is 0 Å². The Hall–Kier alpha value is -2.47. The Morgan fingerprint density at radius 1 is 1.23 bits per heavy atom. The van der Waals surface area contributed by atoms with E-state index in [1.807, 2.05) is 49.6 Å². The van der Waals surface area contributed by atoms with Crippen LogP contribution in [0.25, 0.3) is 11.5 Å². The van der Waals surface area contributed by atoms with Crippen LogP contribution in [0, 0.1) is 6.92 Å². The summed E-state index contributed by atoms with van der Waals surface area (Å²) in [5, 5.41) is 9.66. The molecule has 5 nitrogen and oxygen atoms in total. The molecule has 112 valence electrons. The monoisotopic (exact) mass is 313 g/mol. The highest BCUT2D eigenvalue weighted by atomic mass is 32.2. The van der Waals surface area contributed by atoms with Crippen LogP contribution in [-0.2, 0) is 0 Å². The molecule has 0 unspecified atom stereocenters. The van der Waals surface area contributed by atoms with Crippen LogP contribution in [0.4, 0.5) is 5.69 Å². The number of hydrogen-bond donors (Lipinski definition) is 2. The largest absolute Gasteiger partial charge is 0.460 e. The van der Waals surface area contributed by atoms with E-state index in [1.165, 1.54) is 0 Å². The minimum absolute atomic E-state index is 0.261. The van der Waals surface area contributed by atoms with Crippen LogP contribution in [0.3, 0.4) is 0 Å². The summed E-state index contributed by atoms with van der Waals surface area (Å²) in [6.45, 7) is 1.87. The van der Waals surface area contributed by atoms with Crippen molar-refractivity contribution in [3.8, 4) is 11.5 Å². The highest BCUT2D eigenvalue weighted by molar-refractivity contribution is 7.98. The number of furan rings is 1. The van der Waals surface area contributed by atoms with Gasteiger partial charge in [0.25, 0.3) is 5.91 Å². The van der Waals surface area contributed by atoms with Crippen LogP contribution in [0.1, 0.15) is 16.2 Å². The normalized spacial score (nSPS) is 10.6. The van der Waals surface area contributed by atoms with Gasteiger partial charge in [0.15, 0.2) is 11.5 Å². The zero-order chi connectivity index (χ0) is 15.5. The molecule has 0 radical (unpaired) electrons. The molecule has 0 aliphatic carbocycles. The third-order valence-electron chi connectivity index (χ3n) is 3.16. The van der Waals surface area contributed by atoms with Gasteiger partial charge in [-0.2, -0.15) is 5.10 Å². The Labute approximate surface area is 132 Å². The van der Waals surface area contributed by atoms with E-state index in [9.17, 15) is 4.79 Å². The molecule has 0 fully saturated rings. The number of thioether (sulfide) groups is 1. The van der Waals surface area contributed by atoms with Crippen molar-refractivity contribution in [1.82, 2.24) is 10.2 Å². The Balaban J connectivity index is 1.73. The minimum Gasteiger partial charge on any atom is -0.460 e. The maximum absolute atomic E-state index is 12.2. The molecule has 0 saturated heterocycles. The molecule has 0 bridgehead atoms. The molecular formula is C16H15N3O2S. The maximum atomic E-state index is 12.2. The number of hydrogen-bond acceptors (Lipinski definition) is 4. The van der Waals surface area contributed by atoms with Crippen molar-refractivity contribution >= 4 is 23.4 Å². The van der Waals surface area contributed by atoms with Gasteiger partial charge in [-0.25, -0.2) is 0 Å². The van der Waals surface area contributed by atoms with Gasteiger partial charge in [0.1, 0.15) is 11.5 Å². The average molecular weight is 313 g/mol. The lowest BCUT2D eigenvalue weighted by Crippen LogP contribution is -2.12. The van der Waals surface area contributed by atoms with E-state index in [0.717, 1.165) is 16.3 Å². The Morgan fingerprint density at radius 3 is 2.64 bits per heavy atom. The molecule has 2 aromatic heterocycles. The fraction of sp³-hybridized carbons (Fsp3) is 0.125. The van der Waals surface area contributed by atoms with Gasteiger partial charge in [0, 0.05) is 16.6 Å². The minimum atomic E-state index is -0.261. The first-order valence-electron chi connectivity index (χ1n) is 6.73. The first-order valence-corrected chi connectivity index (χ1v) is 7.96. The molecule has 3 aromatic rings. The number of aryl methyl sites for hydroxylation is 1. The summed E-state index contributed by atoms with van der Waals surface area (Å²) in [5.41, 5.74) is 1.73. The average Bonchev–Trinajstić information content (AvgIpc) is 3.16. The lowest BCUT2D eigenvalue weighted by molar-refractivity contribution is 0.102. The van der Waals surface area contributed by atoms with E-state index >= 15 is 0 Å². The van der Waals surface area contributed by atoms with Gasteiger partial charge in [-0.15, -0.1) is 11.8 Å². The topological polar surface area (TPSA) is 70.9 Å². The number of nitrogens with zero attached hydrogens (tertiary/aromatic N) is 1. The molecule has 0 saturated carbocycles. The van der Waals surface area contributed by atoms with Crippen LogP contribution in [0.5, 0.6) is 0 Å². The van der Waals surface area contributed by atoms with Gasteiger partial charge in [0.05, 0.1) is 0 Å². The van der Waals surface area contributed by atoms with Crippen LogP contribution < -0.4 is 5.32 Å². The van der Waals surface area contributed by atoms with E-state index in [4.69, 9.17) is 4.42 Å². The lowest BCUT2D eigenvalue weighted by atomic mass is 10.2. The standard InChI is InChI=1S/C16H15N3O2S/c1-10-3-8-15(21-10)13-9-14(19-18-13)16(20)17-11-4-6-12(22-2)7-5-11/h3-9H,1-2H3,(H,17,20)(H,18,19). The Morgan fingerprint density at radius 2 is 2.00 bits per heavy atom. The number of carbonyl (C=O) groups is 1. The van der Waals surface area contributed by atoms with Crippen LogP contribution >= 0.6 is 11.8 Å². The van der Waals surface area contributed by atoms with Crippen molar-refractivity contribution in [2.24, 2.45) is 0 Å². The predicted octanol–water partition coefficient (Wildman–Crippen LogP) is 3.95. The number of amides is 1. The second-order valence-corrected chi connectivity index (χ2v) is 5.64. The molecule has 1 amide bonds. The zero-order valence-corrected chi connectivity index (χ0v) is 13.0.